The minimum atomic E-state index is -0.819. The second-order valence-electron chi connectivity index (χ2n) is 4.07. The summed E-state index contributed by atoms with van der Waals surface area (Å²) in [6.45, 7) is 4.05. The van der Waals surface area contributed by atoms with Gasteiger partial charge in [0.25, 0.3) is 0 Å². The number of rotatable bonds is 1. The van der Waals surface area contributed by atoms with Crippen LogP contribution in [0.4, 0.5) is 0 Å². The summed E-state index contributed by atoms with van der Waals surface area (Å²) in [6, 6.07) is 4.09. The number of benzene rings is 1. The number of hydrogen-bond acceptors (Lipinski definition) is 1. The highest BCUT2D eigenvalue weighted by Gasteiger charge is 2.19. The number of aryl methyl sites for hydroxylation is 2. The largest absolute Gasteiger partial charge is 0.478 e. The van der Waals surface area contributed by atoms with Crippen molar-refractivity contribution in [2.24, 2.45) is 0 Å². The third-order valence-corrected chi connectivity index (χ3v) is 2.88. The molecule has 1 aromatic carbocycles. The fourth-order valence-corrected chi connectivity index (χ4v) is 2.24. The van der Waals surface area contributed by atoms with Gasteiger partial charge in [-0.1, -0.05) is 23.8 Å². The van der Waals surface area contributed by atoms with Gasteiger partial charge in [0.15, 0.2) is 0 Å². The number of carboxylic acid groups (broad SMARTS) is 1. The Morgan fingerprint density at radius 3 is 2.73 bits per heavy atom. The molecule has 0 saturated carbocycles. The lowest BCUT2D eigenvalue weighted by atomic mass is 9.86. The van der Waals surface area contributed by atoms with Crippen LogP contribution in [0.15, 0.2) is 18.2 Å². The molecule has 2 heteroatoms. The van der Waals surface area contributed by atoms with Crippen LogP contribution in [-0.2, 0) is 11.2 Å². The molecular weight excluding hydrogens is 188 g/mol. The zero-order valence-corrected chi connectivity index (χ0v) is 9.00. The Kier molecular flexibility index (Phi) is 2.35. The van der Waals surface area contributed by atoms with Crippen LogP contribution in [0.5, 0.6) is 0 Å². The monoisotopic (exact) mass is 202 g/mol. The van der Waals surface area contributed by atoms with Gasteiger partial charge < -0.3 is 5.11 Å². The summed E-state index contributed by atoms with van der Waals surface area (Å²) >= 11 is 0. The van der Waals surface area contributed by atoms with E-state index in [1.165, 1.54) is 11.1 Å². The van der Waals surface area contributed by atoms with Crippen LogP contribution in [-0.4, -0.2) is 11.1 Å². The molecule has 0 unspecified atom stereocenters. The molecule has 0 aromatic heterocycles. The highest BCUT2D eigenvalue weighted by molar-refractivity contribution is 6.16. The first-order valence-electron chi connectivity index (χ1n) is 5.13. The summed E-state index contributed by atoms with van der Waals surface area (Å²) in [5, 5.41) is 9.10. The molecule has 1 aliphatic carbocycles. The van der Waals surface area contributed by atoms with E-state index >= 15 is 0 Å². The molecule has 1 aliphatic rings. The van der Waals surface area contributed by atoms with Crippen molar-refractivity contribution in [2.75, 3.05) is 0 Å². The third kappa shape index (κ3) is 1.67. The van der Waals surface area contributed by atoms with Gasteiger partial charge in [0.1, 0.15) is 0 Å². The maximum atomic E-state index is 11.1. The first-order chi connectivity index (χ1) is 7.09. The fourth-order valence-electron chi connectivity index (χ4n) is 2.24. The van der Waals surface area contributed by atoms with E-state index in [-0.39, 0.29) is 0 Å². The second kappa shape index (κ2) is 3.54. The molecule has 78 valence electrons. The van der Waals surface area contributed by atoms with Crippen LogP contribution < -0.4 is 0 Å². The maximum absolute atomic E-state index is 11.1. The van der Waals surface area contributed by atoms with Crippen molar-refractivity contribution in [1.29, 1.82) is 0 Å². The molecule has 2 rings (SSSR count). The van der Waals surface area contributed by atoms with Crippen molar-refractivity contribution >= 4 is 11.5 Å². The Morgan fingerprint density at radius 1 is 1.33 bits per heavy atom. The van der Waals surface area contributed by atoms with Crippen LogP contribution in [0.1, 0.15) is 28.7 Å². The average molecular weight is 202 g/mol. The summed E-state index contributed by atoms with van der Waals surface area (Å²) in [6.07, 6.45) is 3.61. The quantitative estimate of drug-likeness (QED) is 0.760. The van der Waals surface area contributed by atoms with Gasteiger partial charge in [0.05, 0.1) is 5.57 Å². The predicted octanol–water partition coefficient (Wildman–Crippen LogP) is 2.72. The van der Waals surface area contributed by atoms with Crippen LogP contribution in [0.25, 0.3) is 5.57 Å². The van der Waals surface area contributed by atoms with E-state index in [1.54, 1.807) is 0 Å². The van der Waals surface area contributed by atoms with Crippen molar-refractivity contribution in [2.45, 2.75) is 26.7 Å². The number of carbonyl (C=O) groups is 1. The number of fused-ring (bicyclic) bond motifs is 1. The van der Waals surface area contributed by atoms with Crippen LogP contribution >= 0.6 is 0 Å². The van der Waals surface area contributed by atoms with Crippen LogP contribution in [0.3, 0.4) is 0 Å². The molecule has 2 nitrogen and oxygen atoms in total. The van der Waals surface area contributed by atoms with Crippen molar-refractivity contribution in [3.8, 4) is 0 Å². The highest BCUT2D eigenvalue weighted by Crippen LogP contribution is 2.29. The van der Waals surface area contributed by atoms with Crippen LogP contribution in [0, 0.1) is 13.8 Å². The maximum Gasteiger partial charge on any atom is 0.335 e. The lowest BCUT2D eigenvalue weighted by molar-refractivity contribution is -0.130. The van der Waals surface area contributed by atoms with E-state index in [9.17, 15) is 4.79 Å². The van der Waals surface area contributed by atoms with Gasteiger partial charge in [-0.15, -0.1) is 0 Å². The highest BCUT2D eigenvalue weighted by atomic mass is 16.4. The van der Waals surface area contributed by atoms with Gasteiger partial charge in [-0.2, -0.15) is 0 Å². The molecule has 0 amide bonds. The molecule has 15 heavy (non-hydrogen) atoms. The van der Waals surface area contributed by atoms with Crippen molar-refractivity contribution < 1.29 is 9.90 Å². The summed E-state index contributed by atoms with van der Waals surface area (Å²) in [4.78, 5) is 11.1. The lowest BCUT2D eigenvalue weighted by Gasteiger charge is -2.18. The van der Waals surface area contributed by atoms with E-state index in [0.717, 1.165) is 24.0 Å². The molecule has 0 aliphatic heterocycles. The van der Waals surface area contributed by atoms with E-state index < -0.39 is 5.97 Å². The van der Waals surface area contributed by atoms with Gasteiger partial charge in [-0.05, 0) is 43.4 Å². The van der Waals surface area contributed by atoms with E-state index in [2.05, 4.69) is 13.0 Å². The Bertz CT molecular complexity index is 456. The standard InChI is InChI=1S/C13H14O2/c1-8-6-9(2)10-4-3-5-11(13(14)15)12(10)7-8/h5-7H,3-4H2,1-2H3,(H,14,15). The molecule has 1 N–H and O–H groups in total. The number of carboxylic acids is 1. The number of aliphatic carboxylic acids is 1. The van der Waals surface area contributed by atoms with Crippen molar-refractivity contribution in [1.82, 2.24) is 0 Å². The van der Waals surface area contributed by atoms with E-state index in [4.69, 9.17) is 5.11 Å². The van der Waals surface area contributed by atoms with E-state index in [1.807, 2.05) is 19.1 Å². The summed E-state index contributed by atoms with van der Waals surface area (Å²) in [7, 11) is 0. The molecule has 0 fully saturated rings. The lowest BCUT2D eigenvalue weighted by Crippen LogP contribution is -2.09. The summed E-state index contributed by atoms with van der Waals surface area (Å²) < 4.78 is 0. The minimum absolute atomic E-state index is 0.461. The summed E-state index contributed by atoms with van der Waals surface area (Å²) in [5.74, 6) is -0.819. The number of allylic oxidation sites excluding steroid dienone is 1. The Labute approximate surface area is 89.2 Å². The van der Waals surface area contributed by atoms with Gasteiger partial charge >= 0.3 is 5.97 Å². The molecule has 0 radical (unpaired) electrons. The Morgan fingerprint density at radius 2 is 2.07 bits per heavy atom. The van der Waals surface area contributed by atoms with Crippen molar-refractivity contribution in [3.63, 3.8) is 0 Å². The molecule has 0 saturated heterocycles. The van der Waals surface area contributed by atoms with Gasteiger partial charge in [-0.25, -0.2) is 4.79 Å². The molecule has 0 heterocycles. The molecule has 1 aromatic rings. The van der Waals surface area contributed by atoms with Crippen LogP contribution in [0.2, 0.25) is 0 Å². The van der Waals surface area contributed by atoms with Gasteiger partial charge in [-0.3, -0.25) is 0 Å². The van der Waals surface area contributed by atoms with E-state index in [0.29, 0.717) is 5.57 Å². The zero-order chi connectivity index (χ0) is 11.0. The first kappa shape index (κ1) is 9.97. The second-order valence-corrected chi connectivity index (χ2v) is 4.07. The average Bonchev–Trinajstić information content (AvgIpc) is 2.16. The number of hydrogen-bond donors (Lipinski definition) is 1. The summed E-state index contributed by atoms with van der Waals surface area (Å²) in [5.41, 5.74) is 4.90. The van der Waals surface area contributed by atoms with Crippen molar-refractivity contribution in [3.05, 3.63) is 40.5 Å². The first-order valence-corrected chi connectivity index (χ1v) is 5.13. The molecule has 0 atom stereocenters. The fraction of sp³-hybridized carbons (Fsp3) is 0.308. The third-order valence-electron chi connectivity index (χ3n) is 2.88. The minimum Gasteiger partial charge on any atom is -0.478 e. The Balaban J connectivity index is 2.64. The topological polar surface area (TPSA) is 37.3 Å². The predicted molar refractivity (Wildman–Crippen MR) is 59.8 cm³/mol. The molecular formula is C13H14O2. The van der Waals surface area contributed by atoms with Gasteiger partial charge in [0.2, 0.25) is 0 Å². The zero-order valence-electron chi connectivity index (χ0n) is 9.00. The van der Waals surface area contributed by atoms with Gasteiger partial charge in [0, 0.05) is 0 Å². The SMILES string of the molecule is Cc1cc(C)c2c(c1)C(C(=O)O)=CCC2. The molecule has 0 spiro atoms. The smallest absolute Gasteiger partial charge is 0.335 e. The Hall–Kier alpha value is -1.57. The normalized spacial score (nSPS) is 14.4. The molecule has 0 bridgehead atoms.